The SMILES string of the molecule is Cc1cc(=O)c(C(=O)N2CCC(C(C)O)CC2)c[nH]1. The summed E-state index contributed by atoms with van der Waals surface area (Å²) >= 11 is 0. The Kier molecular flexibility index (Phi) is 4.04. The third-order valence-electron chi connectivity index (χ3n) is 3.80. The number of amides is 1. The monoisotopic (exact) mass is 264 g/mol. The molecule has 5 nitrogen and oxygen atoms in total. The predicted molar refractivity (Wildman–Crippen MR) is 72.1 cm³/mol. The van der Waals surface area contributed by atoms with E-state index in [1.807, 2.05) is 0 Å². The van der Waals surface area contributed by atoms with Crippen molar-refractivity contribution in [2.45, 2.75) is 32.8 Å². The van der Waals surface area contributed by atoms with Gasteiger partial charge in [-0.25, -0.2) is 0 Å². The summed E-state index contributed by atoms with van der Waals surface area (Å²) in [6.07, 6.45) is 2.72. The van der Waals surface area contributed by atoms with Crippen molar-refractivity contribution >= 4 is 5.91 Å². The number of hydrogen-bond donors (Lipinski definition) is 2. The molecule has 1 amide bonds. The van der Waals surface area contributed by atoms with Crippen LogP contribution < -0.4 is 5.43 Å². The number of rotatable bonds is 2. The molecular weight excluding hydrogens is 244 g/mol. The van der Waals surface area contributed by atoms with E-state index in [0.29, 0.717) is 13.1 Å². The van der Waals surface area contributed by atoms with Gasteiger partial charge in [0, 0.05) is 31.0 Å². The summed E-state index contributed by atoms with van der Waals surface area (Å²) in [6.45, 7) is 4.76. The Bertz CT molecular complexity index is 514. The zero-order valence-electron chi connectivity index (χ0n) is 11.3. The van der Waals surface area contributed by atoms with E-state index in [1.54, 1.807) is 18.7 Å². The fraction of sp³-hybridized carbons (Fsp3) is 0.571. The van der Waals surface area contributed by atoms with Gasteiger partial charge in [-0.3, -0.25) is 9.59 Å². The summed E-state index contributed by atoms with van der Waals surface area (Å²) in [5, 5.41) is 9.54. The molecule has 0 aliphatic carbocycles. The lowest BCUT2D eigenvalue weighted by atomic mass is 9.92. The van der Waals surface area contributed by atoms with Gasteiger partial charge >= 0.3 is 0 Å². The van der Waals surface area contributed by atoms with E-state index >= 15 is 0 Å². The summed E-state index contributed by atoms with van der Waals surface area (Å²) in [4.78, 5) is 28.6. The minimum absolute atomic E-state index is 0.195. The fourth-order valence-corrected chi connectivity index (χ4v) is 2.50. The molecule has 1 fully saturated rings. The number of H-pyrrole nitrogens is 1. The first-order valence-corrected chi connectivity index (χ1v) is 6.65. The van der Waals surface area contributed by atoms with Crippen molar-refractivity contribution in [1.29, 1.82) is 0 Å². The molecule has 1 saturated heterocycles. The summed E-state index contributed by atoms with van der Waals surface area (Å²) in [5.74, 6) is 0.0330. The largest absolute Gasteiger partial charge is 0.393 e. The second-order valence-corrected chi connectivity index (χ2v) is 5.26. The van der Waals surface area contributed by atoms with Crippen LogP contribution in [-0.2, 0) is 0 Å². The summed E-state index contributed by atoms with van der Waals surface area (Å²) in [6, 6.07) is 1.44. The molecule has 19 heavy (non-hydrogen) atoms. The highest BCUT2D eigenvalue weighted by Crippen LogP contribution is 2.21. The molecule has 1 aliphatic rings. The van der Waals surface area contributed by atoms with Crippen molar-refractivity contribution in [2.75, 3.05) is 13.1 Å². The van der Waals surface area contributed by atoms with Crippen LogP contribution in [0.25, 0.3) is 0 Å². The molecule has 104 valence electrons. The van der Waals surface area contributed by atoms with E-state index in [-0.39, 0.29) is 28.9 Å². The van der Waals surface area contributed by atoms with Gasteiger partial charge in [-0.15, -0.1) is 0 Å². The highest BCUT2D eigenvalue weighted by molar-refractivity contribution is 5.93. The molecule has 1 aromatic heterocycles. The van der Waals surface area contributed by atoms with E-state index in [4.69, 9.17) is 0 Å². The molecule has 0 aromatic carbocycles. The number of carbonyl (C=O) groups excluding carboxylic acids is 1. The number of likely N-dealkylation sites (tertiary alicyclic amines) is 1. The van der Waals surface area contributed by atoms with Crippen LogP contribution in [0.4, 0.5) is 0 Å². The number of aliphatic hydroxyl groups is 1. The molecule has 2 heterocycles. The Labute approximate surface area is 112 Å². The number of aromatic nitrogens is 1. The third-order valence-corrected chi connectivity index (χ3v) is 3.80. The molecule has 0 radical (unpaired) electrons. The number of aliphatic hydroxyl groups excluding tert-OH is 1. The second kappa shape index (κ2) is 5.57. The van der Waals surface area contributed by atoms with Crippen LogP contribution in [0.5, 0.6) is 0 Å². The zero-order valence-corrected chi connectivity index (χ0v) is 11.3. The second-order valence-electron chi connectivity index (χ2n) is 5.26. The molecule has 1 aliphatic heterocycles. The van der Waals surface area contributed by atoms with Crippen LogP contribution in [0.15, 0.2) is 17.1 Å². The predicted octanol–water partition coefficient (Wildman–Crippen LogP) is 0.916. The Morgan fingerprint density at radius 1 is 1.47 bits per heavy atom. The molecular formula is C14H20N2O3. The van der Waals surface area contributed by atoms with Gasteiger partial charge in [-0.1, -0.05) is 0 Å². The van der Waals surface area contributed by atoms with Crippen molar-refractivity contribution in [2.24, 2.45) is 5.92 Å². The van der Waals surface area contributed by atoms with Crippen molar-refractivity contribution in [3.63, 3.8) is 0 Å². The van der Waals surface area contributed by atoms with E-state index in [2.05, 4.69) is 4.98 Å². The molecule has 0 bridgehead atoms. The maximum atomic E-state index is 12.3. The summed E-state index contributed by atoms with van der Waals surface area (Å²) in [7, 11) is 0. The Morgan fingerprint density at radius 3 is 2.63 bits per heavy atom. The van der Waals surface area contributed by atoms with Gasteiger partial charge in [0.15, 0.2) is 5.43 Å². The number of nitrogens with zero attached hydrogens (tertiary/aromatic N) is 1. The molecule has 2 rings (SSSR count). The normalized spacial score (nSPS) is 18.4. The number of nitrogens with one attached hydrogen (secondary N) is 1. The highest BCUT2D eigenvalue weighted by Gasteiger charge is 2.26. The molecule has 0 saturated carbocycles. The molecule has 1 aromatic rings. The van der Waals surface area contributed by atoms with Crippen LogP contribution in [0.1, 0.15) is 35.8 Å². The van der Waals surface area contributed by atoms with Crippen LogP contribution in [-0.4, -0.2) is 40.1 Å². The number of pyridine rings is 1. The lowest BCUT2D eigenvalue weighted by Crippen LogP contribution is -2.42. The van der Waals surface area contributed by atoms with E-state index in [9.17, 15) is 14.7 Å². The van der Waals surface area contributed by atoms with Gasteiger partial charge in [0.25, 0.3) is 5.91 Å². The average Bonchev–Trinajstić information content (AvgIpc) is 2.38. The third kappa shape index (κ3) is 3.04. The first kappa shape index (κ1) is 13.8. The number of aromatic amines is 1. The first-order valence-electron chi connectivity index (χ1n) is 6.65. The Morgan fingerprint density at radius 2 is 2.11 bits per heavy atom. The summed E-state index contributed by atoms with van der Waals surface area (Å²) in [5.41, 5.74) is 0.703. The smallest absolute Gasteiger partial charge is 0.259 e. The van der Waals surface area contributed by atoms with Gasteiger partial charge in [0.05, 0.1) is 6.10 Å². The Balaban J connectivity index is 2.07. The van der Waals surface area contributed by atoms with Crippen LogP contribution >= 0.6 is 0 Å². The van der Waals surface area contributed by atoms with E-state index < -0.39 is 0 Å². The molecule has 0 spiro atoms. The quantitative estimate of drug-likeness (QED) is 0.834. The maximum absolute atomic E-state index is 12.3. The van der Waals surface area contributed by atoms with Gasteiger partial charge in [-0.05, 0) is 32.6 Å². The number of piperidine rings is 1. The topological polar surface area (TPSA) is 73.4 Å². The lowest BCUT2D eigenvalue weighted by molar-refractivity contribution is 0.0520. The van der Waals surface area contributed by atoms with E-state index in [1.165, 1.54) is 12.3 Å². The van der Waals surface area contributed by atoms with Gasteiger partial charge in [-0.2, -0.15) is 0 Å². The van der Waals surface area contributed by atoms with E-state index in [0.717, 1.165) is 18.5 Å². The number of aryl methyl sites for hydroxylation is 1. The minimum atomic E-state index is -0.333. The fourth-order valence-electron chi connectivity index (χ4n) is 2.50. The number of carbonyl (C=O) groups is 1. The van der Waals surface area contributed by atoms with Crippen LogP contribution in [0.3, 0.4) is 0 Å². The molecule has 5 heteroatoms. The standard InChI is InChI=1S/C14H20N2O3/c1-9-7-13(18)12(8-15-9)14(19)16-5-3-11(4-6-16)10(2)17/h7-8,10-11,17H,3-6H2,1-2H3,(H,15,18). The lowest BCUT2D eigenvalue weighted by Gasteiger charge is -2.33. The summed E-state index contributed by atoms with van der Waals surface area (Å²) < 4.78 is 0. The highest BCUT2D eigenvalue weighted by atomic mass is 16.3. The van der Waals surface area contributed by atoms with Crippen LogP contribution in [0, 0.1) is 12.8 Å². The molecule has 2 N–H and O–H groups in total. The van der Waals surface area contributed by atoms with Gasteiger partial charge in [0.2, 0.25) is 0 Å². The molecule has 1 unspecified atom stereocenters. The van der Waals surface area contributed by atoms with Gasteiger partial charge in [0.1, 0.15) is 5.56 Å². The van der Waals surface area contributed by atoms with Crippen molar-refractivity contribution < 1.29 is 9.90 Å². The van der Waals surface area contributed by atoms with Gasteiger partial charge < -0.3 is 15.0 Å². The molecule has 1 atom stereocenters. The number of hydrogen-bond acceptors (Lipinski definition) is 3. The van der Waals surface area contributed by atoms with Crippen molar-refractivity contribution in [1.82, 2.24) is 9.88 Å². The van der Waals surface area contributed by atoms with Crippen molar-refractivity contribution in [3.8, 4) is 0 Å². The maximum Gasteiger partial charge on any atom is 0.259 e. The van der Waals surface area contributed by atoms with Crippen molar-refractivity contribution in [3.05, 3.63) is 33.7 Å². The van der Waals surface area contributed by atoms with Crippen LogP contribution in [0.2, 0.25) is 0 Å². The zero-order chi connectivity index (χ0) is 14.0. The average molecular weight is 264 g/mol. The Hall–Kier alpha value is -1.62. The minimum Gasteiger partial charge on any atom is -0.393 e. The first-order chi connectivity index (χ1) is 8.99.